The van der Waals surface area contributed by atoms with Gasteiger partial charge in [-0.3, -0.25) is 0 Å². The van der Waals surface area contributed by atoms with Crippen molar-refractivity contribution in [3.8, 4) is 11.5 Å². The quantitative estimate of drug-likeness (QED) is 0.837. The number of benzene rings is 2. The second-order valence-corrected chi connectivity index (χ2v) is 5.77. The van der Waals surface area contributed by atoms with Crippen molar-refractivity contribution in [2.75, 3.05) is 12.8 Å². The third kappa shape index (κ3) is 3.84. The molecule has 0 saturated carbocycles. The van der Waals surface area contributed by atoms with Gasteiger partial charge < -0.3 is 15.2 Å². The van der Waals surface area contributed by atoms with Gasteiger partial charge in [0.1, 0.15) is 11.5 Å². The van der Waals surface area contributed by atoms with Crippen molar-refractivity contribution in [3.63, 3.8) is 0 Å². The molecule has 20 heavy (non-hydrogen) atoms. The van der Waals surface area contributed by atoms with E-state index >= 15 is 0 Å². The van der Waals surface area contributed by atoms with Gasteiger partial charge in [-0.05, 0) is 38.1 Å². The number of nitrogens with two attached hydrogens (primary N) is 1. The normalized spacial score (nSPS) is 10.6. The van der Waals surface area contributed by atoms with Gasteiger partial charge in [-0.25, -0.2) is 0 Å². The van der Waals surface area contributed by atoms with Crippen molar-refractivity contribution in [2.45, 2.75) is 29.7 Å². The van der Waals surface area contributed by atoms with Crippen LogP contribution in [0.15, 0.2) is 52.3 Å². The molecule has 2 aromatic carbocycles. The molecule has 0 unspecified atom stereocenters. The van der Waals surface area contributed by atoms with Crippen LogP contribution in [0.3, 0.4) is 0 Å². The Balaban J connectivity index is 2.26. The molecule has 0 aliphatic carbocycles. The Labute approximate surface area is 124 Å². The molecule has 0 fully saturated rings. The topological polar surface area (TPSA) is 44.5 Å². The number of ether oxygens (including phenoxy) is 2. The lowest BCUT2D eigenvalue weighted by atomic mass is 10.3. The Morgan fingerprint density at radius 1 is 1.10 bits per heavy atom. The van der Waals surface area contributed by atoms with Gasteiger partial charge in [0, 0.05) is 16.6 Å². The molecule has 0 amide bonds. The molecule has 0 bridgehead atoms. The van der Waals surface area contributed by atoms with Gasteiger partial charge in [0.2, 0.25) is 0 Å². The highest BCUT2D eigenvalue weighted by atomic mass is 32.2. The SMILES string of the molecule is COc1ccccc1Sc1cc(N)cc(OC(C)C)c1. The average Bonchev–Trinajstić information content (AvgIpc) is 2.37. The first-order chi connectivity index (χ1) is 9.58. The van der Waals surface area contributed by atoms with Crippen LogP contribution in [0.4, 0.5) is 5.69 Å². The molecule has 0 radical (unpaired) electrons. The van der Waals surface area contributed by atoms with Gasteiger partial charge in [0.05, 0.1) is 18.1 Å². The highest BCUT2D eigenvalue weighted by Gasteiger charge is 2.07. The Morgan fingerprint density at radius 2 is 1.85 bits per heavy atom. The summed E-state index contributed by atoms with van der Waals surface area (Å²) in [6.45, 7) is 3.99. The maximum absolute atomic E-state index is 5.93. The van der Waals surface area contributed by atoms with E-state index in [2.05, 4.69) is 0 Å². The molecule has 0 atom stereocenters. The molecule has 0 saturated heterocycles. The van der Waals surface area contributed by atoms with Crippen LogP contribution in [0.5, 0.6) is 11.5 Å². The molecule has 0 spiro atoms. The number of methoxy groups -OCH3 is 1. The fourth-order valence-electron chi connectivity index (χ4n) is 1.82. The zero-order valence-corrected chi connectivity index (χ0v) is 12.7. The van der Waals surface area contributed by atoms with Crippen molar-refractivity contribution in [1.82, 2.24) is 0 Å². The minimum absolute atomic E-state index is 0.126. The van der Waals surface area contributed by atoms with Gasteiger partial charge in [-0.15, -0.1) is 0 Å². The van der Waals surface area contributed by atoms with E-state index in [1.54, 1.807) is 18.9 Å². The number of para-hydroxylation sites is 1. The Kier molecular flexibility index (Phi) is 4.79. The summed E-state index contributed by atoms with van der Waals surface area (Å²) < 4.78 is 11.1. The molecular weight excluding hydrogens is 270 g/mol. The van der Waals surface area contributed by atoms with Crippen LogP contribution in [-0.4, -0.2) is 13.2 Å². The molecule has 3 nitrogen and oxygen atoms in total. The maximum Gasteiger partial charge on any atom is 0.132 e. The summed E-state index contributed by atoms with van der Waals surface area (Å²) in [5.74, 6) is 1.64. The Bertz CT molecular complexity index is 584. The van der Waals surface area contributed by atoms with Crippen LogP contribution in [-0.2, 0) is 0 Å². The third-order valence-electron chi connectivity index (χ3n) is 2.57. The van der Waals surface area contributed by atoms with Gasteiger partial charge in [-0.2, -0.15) is 0 Å². The molecule has 0 aliphatic heterocycles. The molecule has 106 valence electrons. The van der Waals surface area contributed by atoms with E-state index in [0.29, 0.717) is 5.69 Å². The van der Waals surface area contributed by atoms with Gasteiger partial charge in [0.15, 0.2) is 0 Å². The Morgan fingerprint density at radius 3 is 2.55 bits per heavy atom. The zero-order valence-electron chi connectivity index (χ0n) is 11.9. The van der Waals surface area contributed by atoms with E-state index in [1.807, 2.05) is 56.3 Å². The van der Waals surface area contributed by atoms with Crippen molar-refractivity contribution < 1.29 is 9.47 Å². The van der Waals surface area contributed by atoms with E-state index in [0.717, 1.165) is 21.3 Å². The highest BCUT2D eigenvalue weighted by Crippen LogP contribution is 2.37. The molecule has 2 N–H and O–H groups in total. The lowest BCUT2D eigenvalue weighted by molar-refractivity contribution is 0.242. The van der Waals surface area contributed by atoms with Gasteiger partial charge >= 0.3 is 0 Å². The molecule has 0 aromatic heterocycles. The molecule has 2 rings (SSSR count). The first-order valence-corrected chi connectivity index (χ1v) is 7.28. The second kappa shape index (κ2) is 6.57. The minimum Gasteiger partial charge on any atom is -0.496 e. The standard InChI is InChI=1S/C16H19NO2S/c1-11(2)19-13-8-12(17)9-14(10-13)20-16-7-5-4-6-15(16)18-3/h4-11H,17H2,1-3H3. The summed E-state index contributed by atoms with van der Waals surface area (Å²) in [6, 6.07) is 13.7. The van der Waals surface area contributed by atoms with Crippen LogP contribution >= 0.6 is 11.8 Å². The van der Waals surface area contributed by atoms with Crippen molar-refractivity contribution in [3.05, 3.63) is 42.5 Å². The summed E-state index contributed by atoms with van der Waals surface area (Å²) in [6.07, 6.45) is 0.126. The van der Waals surface area contributed by atoms with E-state index in [-0.39, 0.29) is 6.10 Å². The van der Waals surface area contributed by atoms with Crippen molar-refractivity contribution in [2.24, 2.45) is 0 Å². The molecular formula is C16H19NO2S. The van der Waals surface area contributed by atoms with E-state index in [4.69, 9.17) is 15.2 Å². The van der Waals surface area contributed by atoms with Crippen LogP contribution in [0.2, 0.25) is 0 Å². The third-order valence-corrected chi connectivity index (χ3v) is 3.60. The van der Waals surface area contributed by atoms with Crippen molar-refractivity contribution >= 4 is 17.4 Å². The molecule has 4 heteroatoms. The van der Waals surface area contributed by atoms with Gasteiger partial charge in [0.25, 0.3) is 0 Å². The van der Waals surface area contributed by atoms with E-state index < -0.39 is 0 Å². The average molecular weight is 289 g/mol. The summed E-state index contributed by atoms with van der Waals surface area (Å²) in [5.41, 5.74) is 6.63. The second-order valence-electron chi connectivity index (χ2n) is 4.66. The highest BCUT2D eigenvalue weighted by molar-refractivity contribution is 7.99. The number of hydrogen-bond acceptors (Lipinski definition) is 4. The summed E-state index contributed by atoms with van der Waals surface area (Å²) in [4.78, 5) is 2.08. The fourth-order valence-corrected chi connectivity index (χ4v) is 2.85. The summed E-state index contributed by atoms with van der Waals surface area (Å²) in [5, 5.41) is 0. The van der Waals surface area contributed by atoms with Crippen LogP contribution in [0.1, 0.15) is 13.8 Å². The summed E-state index contributed by atoms with van der Waals surface area (Å²) >= 11 is 1.61. The number of anilines is 1. The van der Waals surface area contributed by atoms with Crippen LogP contribution in [0, 0.1) is 0 Å². The zero-order chi connectivity index (χ0) is 14.5. The molecule has 0 heterocycles. The van der Waals surface area contributed by atoms with Crippen LogP contribution < -0.4 is 15.2 Å². The monoisotopic (exact) mass is 289 g/mol. The predicted octanol–water partition coefficient (Wildman–Crippen LogP) is 4.22. The van der Waals surface area contributed by atoms with E-state index in [1.165, 1.54) is 0 Å². The first kappa shape index (κ1) is 14.6. The number of hydrogen-bond donors (Lipinski definition) is 1. The Hall–Kier alpha value is -1.81. The number of nitrogen functional groups attached to an aromatic ring is 1. The summed E-state index contributed by atoms with van der Waals surface area (Å²) in [7, 11) is 1.67. The van der Waals surface area contributed by atoms with Crippen LogP contribution in [0.25, 0.3) is 0 Å². The lowest BCUT2D eigenvalue weighted by Crippen LogP contribution is -2.05. The maximum atomic E-state index is 5.93. The van der Waals surface area contributed by atoms with E-state index in [9.17, 15) is 0 Å². The predicted molar refractivity (Wildman–Crippen MR) is 83.7 cm³/mol. The largest absolute Gasteiger partial charge is 0.496 e. The minimum atomic E-state index is 0.126. The van der Waals surface area contributed by atoms with Crippen molar-refractivity contribution in [1.29, 1.82) is 0 Å². The number of rotatable bonds is 5. The lowest BCUT2D eigenvalue weighted by Gasteiger charge is -2.13. The first-order valence-electron chi connectivity index (χ1n) is 6.46. The fraction of sp³-hybridized carbons (Fsp3) is 0.250. The molecule has 2 aromatic rings. The smallest absolute Gasteiger partial charge is 0.132 e. The van der Waals surface area contributed by atoms with Gasteiger partial charge in [-0.1, -0.05) is 23.9 Å². The molecule has 0 aliphatic rings.